The third-order valence-corrected chi connectivity index (χ3v) is 3.90. The predicted octanol–water partition coefficient (Wildman–Crippen LogP) is 3.43. The number of phenols is 1. The van der Waals surface area contributed by atoms with Crippen molar-refractivity contribution in [3.05, 3.63) is 59.2 Å². The molecule has 0 spiro atoms. The highest BCUT2D eigenvalue weighted by Crippen LogP contribution is 2.44. The molecule has 0 bridgehead atoms. The van der Waals surface area contributed by atoms with Crippen molar-refractivity contribution >= 4 is 5.69 Å². The quantitative estimate of drug-likeness (QED) is 0.799. The molecule has 1 aliphatic rings. The zero-order chi connectivity index (χ0) is 12.8. The Morgan fingerprint density at radius 3 is 2.72 bits per heavy atom. The summed E-state index contributed by atoms with van der Waals surface area (Å²) in [5, 5.41) is 13.6. The SMILES string of the molecule is Cc1ccc(O)c(C2(C)CNc3ccccc32)c1. The van der Waals surface area contributed by atoms with Crippen molar-refractivity contribution in [3.63, 3.8) is 0 Å². The van der Waals surface area contributed by atoms with Gasteiger partial charge in [0.2, 0.25) is 0 Å². The third kappa shape index (κ3) is 1.49. The molecule has 2 nitrogen and oxygen atoms in total. The number of para-hydroxylation sites is 1. The zero-order valence-electron chi connectivity index (χ0n) is 10.7. The fraction of sp³-hybridized carbons (Fsp3) is 0.250. The molecule has 2 aromatic rings. The maximum atomic E-state index is 10.2. The molecule has 1 unspecified atom stereocenters. The third-order valence-electron chi connectivity index (χ3n) is 3.90. The lowest BCUT2D eigenvalue weighted by Crippen LogP contribution is -2.26. The average molecular weight is 239 g/mol. The summed E-state index contributed by atoms with van der Waals surface area (Å²) in [6.07, 6.45) is 0. The van der Waals surface area contributed by atoms with E-state index in [0.29, 0.717) is 5.75 Å². The Labute approximate surface area is 107 Å². The first kappa shape index (κ1) is 11.1. The molecule has 0 fully saturated rings. The molecule has 0 saturated heterocycles. The summed E-state index contributed by atoms with van der Waals surface area (Å²) in [5.41, 5.74) is 4.44. The fourth-order valence-electron chi connectivity index (χ4n) is 2.82. The first-order valence-electron chi connectivity index (χ1n) is 6.25. The number of hydrogen-bond donors (Lipinski definition) is 2. The number of phenolic OH excluding ortho intramolecular Hbond substituents is 1. The van der Waals surface area contributed by atoms with E-state index in [0.717, 1.165) is 12.1 Å². The van der Waals surface area contributed by atoms with Gasteiger partial charge in [0.25, 0.3) is 0 Å². The topological polar surface area (TPSA) is 32.3 Å². The van der Waals surface area contributed by atoms with Crippen LogP contribution in [0.25, 0.3) is 0 Å². The Kier molecular flexibility index (Phi) is 2.34. The lowest BCUT2D eigenvalue weighted by atomic mass is 9.77. The molecule has 92 valence electrons. The van der Waals surface area contributed by atoms with Gasteiger partial charge in [0.05, 0.1) is 0 Å². The van der Waals surface area contributed by atoms with Gasteiger partial charge in [-0.1, -0.05) is 35.9 Å². The van der Waals surface area contributed by atoms with Gasteiger partial charge in [-0.2, -0.15) is 0 Å². The molecule has 2 heteroatoms. The van der Waals surface area contributed by atoms with Crippen molar-refractivity contribution in [2.75, 3.05) is 11.9 Å². The minimum absolute atomic E-state index is 0.160. The first-order chi connectivity index (χ1) is 8.61. The molecular weight excluding hydrogens is 222 g/mol. The van der Waals surface area contributed by atoms with E-state index in [1.165, 1.54) is 16.8 Å². The minimum atomic E-state index is -0.160. The normalized spacial score (nSPS) is 21.4. The summed E-state index contributed by atoms with van der Waals surface area (Å²) in [6, 6.07) is 14.1. The van der Waals surface area contributed by atoms with Crippen molar-refractivity contribution in [1.29, 1.82) is 0 Å². The van der Waals surface area contributed by atoms with Crippen LogP contribution < -0.4 is 5.32 Å². The van der Waals surface area contributed by atoms with Crippen LogP contribution in [0, 0.1) is 6.92 Å². The van der Waals surface area contributed by atoms with Crippen molar-refractivity contribution in [1.82, 2.24) is 0 Å². The molecule has 1 heterocycles. The van der Waals surface area contributed by atoms with Crippen LogP contribution in [0.1, 0.15) is 23.6 Å². The molecular formula is C16H17NO. The van der Waals surface area contributed by atoms with Crippen molar-refractivity contribution in [2.45, 2.75) is 19.3 Å². The van der Waals surface area contributed by atoms with Gasteiger partial charge in [-0.05, 0) is 31.5 Å². The van der Waals surface area contributed by atoms with Gasteiger partial charge in [0.1, 0.15) is 5.75 Å². The summed E-state index contributed by atoms with van der Waals surface area (Å²) in [5.74, 6) is 0.376. The number of aromatic hydroxyl groups is 1. The molecule has 18 heavy (non-hydrogen) atoms. The van der Waals surface area contributed by atoms with E-state index in [2.05, 4.69) is 43.4 Å². The van der Waals surface area contributed by atoms with Gasteiger partial charge in [-0.25, -0.2) is 0 Å². The standard InChI is InChI=1S/C16H17NO/c1-11-7-8-15(18)13(9-11)16(2)10-17-14-6-4-3-5-12(14)16/h3-9,17-18H,10H2,1-2H3. The van der Waals surface area contributed by atoms with E-state index in [9.17, 15) is 5.11 Å². The maximum absolute atomic E-state index is 10.2. The summed E-state index contributed by atoms with van der Waals surface area (Å²) in [6.45, 7) is 5.06. The first-order valence-corrected chi connectivity index (χ1v) is 6.25. The van der Waals surface area contributed by atoms with E-state index in [-0.39, 0.29) is 5.41 Å². The molecule has 1 atom stereocenters. The summed E-state index contributed by atoms with van der Waals surface area (Å²) in [7, 11) is 0. The number of benzene rings is 2. The number of nitrogens with one attached hydrogen (secondary N) is 1. The summed E-state index contributed by atoms with van der Waals surface area (Å²) < 4.78 is 0. The average Bonchev–Trinajstić information content (AvgIpc) is 2.72. The Bertz CT molecular complexity index is 606. The smallest absolute Gasteiger partial charge is 0.119 e. The number of aryl methyl sites for hydroxylation is 1. The van der Waals surface area contributed by atoms with Crippen molar-refractivity contribution in [3.8, 4) is 5.75 Å². The second kappa shape index (κ2) is 3.77. The highest BCUT2D eigenvalue weighted by molar-refractivity contribution is 5.65. The van der Waals surface area contributed by atoms with E-state index < -0.39 is 0 Å². The molecule has 0 radical (unpaired) electrons. The molecule has 0 aliphatic carbocycles. The fourth-order valence-corrected chi connectivity index (χ4v) is 2.82. The minimum Gasteiger partial charge on any atom is -0.508 e. The van der Waals surface area contributed by atoms with E-state index in [1.54, 1.807) is 6.07 Å². The Morgan fingerprint density at radius 2 is 1.89 bits per heavy atom. The van der Waals surface area contributed by atoms with E-state index >= 15 is 0 Å². The molecule has 1 aliphatic heterocycles. The van der Waals surface area contributed by atoms with Gasteiger partial charge < -0.3 is 10.4 Å². The molecule has 0 aromatic heterocycles. The van der Waals surface area contributed by atoms with Gasteiger partial charge in [-0.15, -0.1) is 0 Å². The predicted molar refractivity (Wildman–Crippen MR) is 74.2 cm³/mol. The molecule has 2 N–H and O–H groups in total. The maximum Gasteiger partial charge on any atom is 0.119 e. The van der Waals surface area contributed by atoms with Crippen LogP contribution in [0.2, 0.25) is 0 Å². The number of fused-ring (bicyclic) bond motifs is 1. The molecule has 2 aromatic carbocycles. The second-order valence-corrected chi connectivity index (χ2v) is 5.25. The van der Waals surface area contributed by atoms with Gasteiger partial charge >= 0.3 is 0 Å². The van der Waals surface area contributed by atoms with Gasteiger partial charge in [-0.3, -0.25) is 0 Å². The molecule has 3 rings (SSSR count). The van der Waals surface area contributed by atoms with Gasteiger partial charge in [0, 0.05) is 23.2 Å². The Morgan fingerprint density at radius 1 is 1.11 bits per heavy atom. The van der Waals surface area contributed by atoms with Crippen LogP contribution in [0.4, 0.5) is 5.69 Å². The summed E-state index contributed by atoms with van der Waals surface area (Å²) in [4.78, 5) is 0. The summed E-state index contributed by atoms with van der Waals surface area (Å²) >= 11 is 0. The zero-order valence-corrected chi connectivity index (χ0v) is 10.7. The Hall–Kier alpha value is -1.96. The lowest BCUT2D eigenvalue weighted by Gasteiger charge is -2.26. The van der Waals surface area contributed by atoms with E-state index in [1.807, 2.05) is 12.1 Å². The van der Waals surface area contributed by atoms with Crippen LogP contribution in [0.3, 0.4) is 0 Å². The highest BCUT2D eigenvalue weighted by atomic mass is 16.3. The molecule has 0 amide bonds. The largest absolute Gasteiger partial charge is 0.508 e. The second-order valence-electron chi connectivity index (χ2n) is 5.25. The highest BCUT2D eigenvalue weighted by Gasteiger charge is 2.37. The van der Waals surface area contributed by atoms with Gasteiger partial charge in [0.15, 0.2) is 0 Å². The number of hydrogen-bond acceptors (Lipinski definition) is 2. The molecule has 0 saturated carbocycles. The van der Waals surface area contributed by atoms with Crippen LogP contribution >= 0.6 is 0 Å². The van der Waals surface area contributed by atoms with Crippen LogP contribution in [-0.4, -0.2) is 11.7 Å². The monoisotopic (exact) mass is 239 g/mol. The van der Waals surface area contributed by atoms with Crippen molar-refractivity contribution in [2.24, 2.45) is 0 Å². The lowest BCUT2D eigenvalue weighted by molar-refractivity contribution is 0.452. The van der Waals surface area contributed by atoms with E-state index in [4.69, 9.17) is 0 Å². The Balaban J connectivity index is 2.20. The van der Waals surface area contributed by atoms with Crippen LogP contribution in [0.15, 0.2) is 42.5 Å². The number of rotatable bonds is 1. The van der Waals surface area contributed by atoms with Crippen molar-refractivity contribution < 1.29 is 5.11 Å². The van der Waals surface area contributed by atoms with Crippen LogP contribution in [-0.2, 0) is 5.41 Å². The van der Waals surface area contributed by atoms with Crippen LogP contribution in [0.5, 0.6) is 5.75 Å². The number of anilines is 1.